The third-order valence-corrected chi connectivity index (χ3v) is 2.83. The van der Waals surface area contributed by atoms with Crippen LogP contribution in [0.25, 0.3) is 0 Å². The van der Waals surface area contributed by atoms with Crippen molar-refractivity contribution in [1.82, 2.24) is 5.32 Å². The fraction of sp³-hybridized carbons (Fsp3) is 0.889. The van der Waals surface area contributed by atoms with Gasteiger partial charge in [-0.3, -0.25) is 4.79 Å². The minimum absolute atomic E-state index is 0.368. The second kappa shape index (κ2) is 4.58. The smallest absolute Gasteiger partial charge is 0.321 e. The molecule has 76 valence electrons. The Kier molecular flexibility index (Phi) is 3.69. The van der Waals surface area contributed by atoms with Gasteiger partial charge in [0, 0.05) is 12.6 Å². The normalized spacial score (nSPS) is 22.0. The minimum Gasteiger partial charge on any atom is -0.480 e. The van der Waals surface area contributed by atoms with Gasteiger partial charge in [0.2, 0.25) is 0 Å². The number of nitrogens with one attached hydrogen (secondary N) is 1. The van der Waals surface area contributed by atoms with Crippen LogP contribution in [-0.4, -0.2) is 29.7 Å². The summed E-state index contributed by atoms with van der Waals surface area (Å²) in [6.45, 7) is 2.46. The third-order valence-electron chi connectivity index (χ3n) is 2.83. The maximum atomic E-state index is 10.4. The molecule has 4 nitrogen and oxygen atoms in total. The van der Waals surface area contributed by atoms with E-state index in [1.165, 1.54) is 19.3 Å². The molecule has 0 bridgehead atoms. The SMILES string of the molecule is CC(NCC(N)C(=O)O)C1CCC1. The van der Waals surface area contributed by atoms with Crippen LogP contribution in [0.15, 0.2) is 0 Å². The molecule has 0 spiro atoms. The molecule has 1 fully saturated rings. The van der Waals surface area contributed by atoms with E-state index < -0.39 is 12.0 Å². The molecule has 0 aliphatic heterocycles. The average Bonchev–Trinajstić information content (AvgIpc) is 1.96. The topological polar surface area (TPSA) is 75.3 Å². The van der Waals surface area contributed by atoms with Gasteiger partial charge in [-0.15, -0.1) is 0 Å². The molecule has 0 saturated heterocycles. The third kappa shape index (κ3) is 2.97. The zero-order valence-electron chi connectivity index (χ0n) is 7.99. The molecule has 2 atom stereocenters. The van der Waals surface area contributed by atoms with Crippen molar-refractivity contribution >= 4 is 5.97 Å². The molecule has 1 saturated carbocycles. The summed E-state index contributed by atoms with van der Waals surface area (Å²) in [5, 5.41) is 11.7. The van der Waals surface area contributed by atoms with Crippen LogP contribution in [0, 0.1) is 5.92 Å². The number of aliphatic carboxylic acids is 1. The summed E-state index contributed by atoms with van der Waals surface area (Å²) in [6, 6.07) is -0.373. The van der Waals surface area contributed by atoms with Crippen LogP contribution in [0.1, 0.15) is 26.2 Å². The van der Waals surface area contributed by atoms with Gasteiger partial charge in [0.1, 0.15) is 6.04 Å². The van der Waals surface area contributed by atoms with Crippen molar-refractivity contribution in [2.24, 2.45) is 11.7 Å². The highest BCUT2D eigenvalue weighted by Gasteiger charge is 2.24. The Morgan fingerprint density at radius 1 is 1.69 bits per heavy atom. The van der Waals surface area contributed by atoms with Crippen molar-refractivity contribution in [3.05, 3.63) is 0 Å². The largest absolute Gasteiger partial charge is 0.480 e. The molecule has 4 N–H and O–H groups in total. The summed E-state index contributed by atoms with van der Waals surface area (Å²) in [5.74, 6) is -0.214. The second-order valence-corrected chi connectivity index (χ2v) is 3.83. The van der Waals surface area contributed by atoms with Crippen LogP contribution < -0.4 is 11.1 Å². The molecule has 2 unspecified atom stereocenters. The van der Waals surface area contributed by atoms with Crippen LogP contribution in [0.5, 0.6) is 0 Å². The Bertz CT molecular complexity index is 180. The lowest BCUT2D eigenvalue weighted by Gasteiger charge is -2.32. The summed E-state index contributed by atoms with van der Waals surface area (Å²) in [6.07, 6.45) is 3.83. The number of hydrogen-bond acceptors (Lipinski definition) is 3. The van der Waals surface area contributed by atoms with Gasteiger partial charge >= 0.3 is 5.97 Å². The highest BCUT2D eigenvalue weighted by atomic mass is 16.4. The van der Waals surface area contributed by atoms with Crippen LogP contribution in [-0.2, 0) is 4.79 Å². The van der Waals surface area contributed by atoms with Gasteiger partial charge in [0.15, 0.2) is 0 Å². The van der Waals surface area contributed by atoms with E-state index >= 15 is 0 Å². The van der Waals surface area contributed by atoms with E-state index in [0.29, 0.717) is 12.6 Å². The first-order chi connectivity index (χ1) is 6.11. The summed E-state index contributed by atoms with van der Waals surface area (Å²) < 4.78 is 0. The summed E-state index contributed by atoms with van der Waals surface area (Å²) >= 11 is 0. The molecule has 1 aliphatic carbocycles. The van der Waals surface area contributed by atoms with Gasteiger partial charge in [-0.05, 0) is 25.7 Å². The zero-order valence-corrected chi connectivity index (χ0v) is 7.99. The van der Waals surface area contributed by atoms with Crippen LogP contribution >= 0.6 is 0 Å². The highest BCUT2D eigenvalue weighted by Crippen LogP contribution is 2.29. The summed E-state index contributed by atoms with van der Waals surface area (Å²) in [7, 11) is 0. The summed E-state index contributed by atoms with van der Waals surface area (Å²) in [5.41, 5.74) is 5.36. The lowest BCUT2D eigenvalue weighted by atomic mass is 9.80. The number of carbonyl (C=O) groups is 1. The molecule has 0 aromatic carbocycles. The Balaban J connectivity index is 2.13. The fourth-order valence-corrected chi connectivity index (χ4v) is 1.51. The highest BCUT2D eigenvalue weighted by molar-refractivity contribution is 5.73. The standard InChI is InChI=1S/C9H18N2O2/c1-6(7-3-2-4-7)11-5-8(10)9(12)13/h6-8,11H,2-5,10H2,1H3,(H,12,13). The van der Waals surface area contributed by atoms with E-state index in [1.54, 1.807) is 0 Å². The lowest BCUT2D eigenvalue weighted by molar-refractivity contribution is -0.138. The Morgan fingerprint density at radius 3 is 2.69 bits per heavy atom. The number of carboxylic acids is 1. The summed E-state index contributed by atoms with van der Waals surface area (Å²) in [4.78, 5) is 10.4. The van der Waals surface area contributed by atoms with Crippen molar-refractivity contribution < 1.29 is 9.90 Å². The molecular formula is C9H18N2O2. The monoisotopic (exact) mass is 186 g/mol. The molecule has 0 aromatic rings. The predicted molar refractivity (Wildman–Crippen MR) is 50.4 cm³/mol. The van der Waals surface area contributed by atoms with Gasteiger partial charge in [-0.1, -0.05) is 6.42 Å². The average molecular weight is 186 g/mol. The van der Waals surface area contributed by atoms with Crippen molar-refractivity contribution in [3.8, 4) is 0 Å². The first kappa shape index (κ1) is 10.5. The first-order valence-electron chi connectivity index (χ1n) is 4.83. The Labute approximate surface area is 78.5 Å². The van der Waals surface area contributed by atoms with E-state index in [9.17, 15) is 4.79 Å². The second-order valence-electron chi connectivity index (χ2n) is 3.83. The Hall–Kier alpha value is -0.610. The number of carboxylic acid groups (broad SMARTS) is 1. The first-order valence-corrected chi connectivity index (χ1v) is 4.83. The van der Waals surface area contributed by atoms with Gasteiger partial charge in [0.25, 0.3) is 0 Å². The quantitative estimate of drug-likeness (QED) is 0.572. The molecular weight excluding hydrogens is 168 g/mol. The zero-order chi connectivity index (χ0) is 9.84. The molecule has 1 rings (SSSR count). The van der Waals surface area contributed by atoms with Gasteiger partial charge in [0.05, 0.1) is 0 Å². The van der Waals surface area contributed by atoms with Crippen molar-refractivity contribution in [3.63, 3.8) is 0 Å². The van der Waals surface area contributed by atoms with Crippen LogP contribution in [0.2, 0.25) is 0 Å². The number of hydrogen-bond donors (Lipinski definition) is 3. The van der Waals surface area contributed by atoms with E-state index in [2.05, 4.69) is 12.2 Å². The van der Waals surface area contributed by atoms with Crippen LogP contribution in [0.4, 0.5) is 0 Å². The number of nitrogens with two attached hydrogens (primary N) is 1. The van der Waals surface area contributed by atoms with E-state index in [0.717, 1.165) is 5.92 Å². The van der Waals surface area contributed by atoms with Gasteiger partial charge < -0.3 is 16.2 Å². The van der Waals surface area contributed by atoms with Crippen molar-refractivity contribution in [2.45, 2.75) is 38.3 Å². The molecule has 1 aliphatic rings. The van der Waals surface area contributed by atoms with E-state index in [1.807, 2.05) is 0 Å². The van der Waals surface area contributed by atoms with Crippen molar-refractivity contribution in [2.75, 3.05) is 6.54 Å². The maximum absolute atomic E-state index is 10.4. The number of rotatable bonds is 5. The van der Waals surface area contributed by atoms with E-state index in [4.69, 9.17) is 10.8 Å². The fourth-order valence-electron chi connectivity index (χ4n) is 1.51. The maximum Gasteiger partial charge on any atom is 0.321 e. The van der Waals surface area contributed by atoms with Gasteiger partial charge in [-0.25, -0.2) is 0 Å². The predicted octanol–water partition coefficient (Wildman–Crippen LogP) is 0.177. The van der Waals surface area contributed by atoms with Gasteiger partial charge in [-0.2, -0.15) is 0 Å². The van der Waals surface area contributed by atoms with Crippen LogP contribution in [0.3, 0.4) is 0 Å². The molecule has 0 aromatic heterocycles. The molecule has 0 radical (unpaired) electrons. The molecule has 0 amide bonds. The molecule has 0 heterocycles. The molecule has 4 heteroatoms. The molecule has 13 heavy (non-hydrogen) atoms. The van der Waals surface area contributed by atoms with E-state index in [-0.39, 0.29) is 0 Å². The Morgan fingerprint density at radius 2 is 2.31 bits per heavy atom. The lowest BCUT2D eigenvalue weighted by Crippen LogP contribution is -2.46. The minimum atomic E-state index is -0.937. The van der Waals surface area contributed by atoms with Crippen molar-refractivity contribution in [1.29, 1.82) is 0 Å².